The molecule has 204 valence electrons. The van der Waals surface area contributed by atoms with Gasteiger partial charge < -0.3 is 14.4 Å². The third-order valence-electron chi connectivity index (χ3n) is 7.45. The van der Waals surface area contributed by atoms with Crippen LogP contribution in [-0.2, 0) is 19.3 Å². The Morgan fingerprint density at radius 1 is 1.03 bits per heavy atom. The van der Waals surface area contributed by atoms with Crippen LogP contribution in [0.3, 0.4) is 0 Å². The molecule has 0 bridgehead atoms. The first-order chi connectivity index (χ1) is 18.8. The molecule has 0 aromatic carbocycles. The maximum Gasteiger partial charge on any atom is 0.192 e. The SMILES string of the molecule is Cc1nc(S(C)(=O)=O)ccc1-c1cc(N2CCOC[C@H]2C)nc2c(-c3ccnn3C3CCCCO3)nccc12. The quantitative estimate of drug-likeness (QED) is 0.362. The average molecular weight is 549 g/mol. The smallest absolute Gasteiger partial charge is 0.192 e. The molecule has 6 rings (SSSR count). The monoisotopic (exact) mass is 548 g/mol. The van der Waals surface area contributed by atoms with E-state index in [1.54, 1.807) is 18.5 Å². The zero-order valence-corrected chi connectivity index (χ0v) is 23.2. The first-order valence-electron chi connectivity index (χ1n) is 13.3. The van der Waals surface area contributed by atoms with Crippen LogP contribution in [0.15, 0.2) is 47.8 Å². The molecule has 0 spiro atoms. The van der Waals surface area contributed by atoms with Crippen molar-refractivity contribution in [1.29, 1.82) is 0 Å². The molecule has 4 aromatic heterocycles. The Hall–Kier alpha value is -3.41. The minimum atomic E-state index is -3.43. The second kappa shape index (κ2) is 10.3. The topological polar surface area (TPSA) is 112 Å². The number of aromatic nitrogens is 5. The van der Waals surface area contributed by atoms with Gasteiger partial charge in [0.25, 0.3) is 0 Å². The number of ether oxygens (including phenoxy) is 2. The van der Waals surface area contributed by atoms with E-state index < -0.39 is 9.84 Å². The lowest BCUT2D eigenvalue weighted by Crippen LogP contribution is -2.44. The van der Waals surface area contributed by atoms with Crippen molar-refractivity contribution in [2.24, 2.45) is 0 Å². The number of hydrogen-bond acceptors (Lipinski definition) is 9. The lowest BCUT2D eigenvalue weighted by molar-refractivity contribution is -0.0383. The summed E-state index contributed by atoms with van der Waals surface area (Å²) in [6.45, 7) is 6.62. The number of anilines is 1. The minimum Gasteiger partial charge on any atom is -0.377 e. The fourth-order valence-electron chi connectivity index (χ4n) is 5.44. The highest BCUT2D eigenvalue weighted by atomic mass is 32.2. The van der Waals surface area contributed by atoms with Crippen molar-refractivity contribution in [2.45, 2.75) is 50.4 Å². The first-order valence-corrected chi connectivity index (χ1v) is 15.2. The van der Waals surface area contributed by atoms with E-state index in [9.17, 15) is 8.42 Å². The predicted octanol–water partition coefficient (Wildman–Crippen LogP) is 4.19. The van der Waals surface area contributed by atoms with Gasteiger partial charge >= 0.3 is 0 Å². The number of aryl methyl sites for hydroxylation is 1. The molecule has 2 fully saturated rings. The second-order valence-corrected chi connectivity index (χ2v) is 12.2. The van der Waals surface area contributed by atoms with Crippen molar-refractivity contribution in [3.63, 3.8) is 0 Å². The summed E-state index contributed by atoms with van der Waals surface area (Å²) in [4.78, 5) is 16.7. The van der Waals surface area contributed by atoms with Gasteiger partial charge in [-0.2, -0.15) is 5.10 Å². The number of hydrogen-bond donors (Lipinski definition) is 0. The highest BCUT2D eigenvalue weighted by Crippen LogP contribution is 2.38. The molecule has 1 unspecified atom stereocenters. The van der Waals surface area contributed by atoms with Crippen LogP contribution in [0, 0.1) is 6.92 Å². The van der Waals surface area contributed by atoms with Gasteiger partial charge in [-0.3, -0.25) is 4.98 Å². The zero-order chi connectivity index (χ0) is 27.1. The van der Waals surface area contributed by atoms with Gasteiger partial charge in [0.15, 0.2) is 21.1 Å². The summed E-state index contributed by atoms with van der Waals surface area (Å²) in [6, 6.07) is 9.52. The van der Waals surface area contributed by atoms with Gasteiger partial charge in [-0.05, 0) is 69.0 Å². The lowest BCUT2D eigenvalue weighted by Gasteiger charge is -2.34. The van der Waals surface area contributed by atoms with Gasteiger partial charge in [0.2, 0.25) is 0 Å². The normalized spacial score (nSPS) is 20.4. The van der Waals surface area contributed by atoms with Crippen molar-refractivity contribution in [3.8, 4) is 22.5 Å². The van der Waals surface area contributed by atoms with Crippen LogP contribution in [0.2, 0.25) is 0 Å². The first kappa shape index (κ1) is 25.8. The zero-order valence-electron chi connectivity index (χ0n) is 22.4. The van der Waals surface area contributed by atoms with E-state index in [-0.39, 0.29) is 17.3 Å². The van der Waals surface area contributed by atoms with Crippen molar-refractivity contribution < 1.29 is 17.9 Å². The summed E-state index contributed by atoms with van der Waals surface area (Å²) in [5.41, 5.74) is 4.71. The van der Waals surface area contributed by atoms with E-state index in [1.165, 1.54) is 6.26 Å². The van der Waals surface area contributed by atoms with Gasteiger partial charge in [0.1, 0.15) is 17.0 Å². The fraction of sp³-hybridized carbons (Fsp3) is 0.429. The van der Waals surface area contributed by atoms with E-state index in [0.29, 0.717) is 32.1 Å². The molecule has 0 aliphatic carbocycles. The van der Waals surface area contributed by atoms with Crippen LogP contribution >= 0.6 is 0 Å². The van der Waals surface area contributed by atoms with E-state index >= 15 is 0 Å². The third kappa shape index (κ3) is 4.90. The van der Waals surface area contributed by atoms with Crippen LogP contribution in [0.25, 0.3) is 33.4 Å². The van der Waals surface area contributed by atoms with Crippen LogP contribution < -0.4 is 4.90 Å². The third-order valence-corrected chi connectivity index (χ3v) is 8.43. The molecular formula is C28H32N6O4S. The van der Waals surface area contributed by atoms with E-state index in [2.05, 4.69) is 28.0 Å². The predicted molar refractivity (Wildman–Crippen MR) is 148 cm³/mol. The molecule has 0 radical (unpaired) electrons. The number of morpholine rings is 1. The summed E-state index contributed by atoms with van der Waals surface area (Å²) < 4.78 is 38.0. The molecule has 0 saturated carbocycles. The summed E-state index contributed by atoms with van der Waals surface area (Å²) in [6.07, 6.45) is 7.63. The van der Waals surface area contributed by atoms with E-state index in [1.807, 2.05) is 29.8 Å². The van der Waals surface area contributed by atoms with Gasteiger partial charge in [0, 0.05) is 48.4 Å². The summed E-state index contributed by atoms with van der Waals surface area (Å²) in [5.74, 6) is 0.814. The maximum atomic E-state index is 12.2. The number of sulfone groups is 1. The Morgan fingerprint density at radius 3 is 2.64 bits per heavy atom. The van der Waals surface area contributed by atoms with Crippen LogP contribution in [0.4, 0.5) is 5.82 Å². The Balaban J connectivity index is 1.58. The molecule has 11 heteroatoms. The molecule has 10 nitrogen and oxygen atoms in total. The Bertz CT molecular complexity index is 1630. The Kier molecular flexibility index (Phi) is 6.82. The number of rotatable bonds is 5. The van der Waals surface area contributed by atoms with Crippen LogP contribution in [-0.4, -0.2) is 71.8 Å². The summed E-state index contributed by atoms with van der Waals surface area (Å²) in [5, 5.41) is 5.56. The molecule has 2 aliphatic heterocycles. The maximum absolute atomic E-state index is 12.2. The number of pyridine rings is 3. The number of nitrogens with zero attached hydrogens (tertiary/aromatic N) is 6. The molecule has 0 N–H and O–H groups in total. The Labute approximate surface area is 227 Å². The molecule has 2 atom stereocenters. The molecule has 39 heavy (non-hydrogen) atoms. The van der Waals surface area contributed by atoms with Gasteiger partial charge in [-0.1, -0.05) is 0 Å². The summed E-state index contributed by atoms with van der Waals surface area (Å²) in [7, 11) is -3.43. The van der Waals surface area contributed by atoms with Crippen molar-refractivity contribution in [2.75, 3.05) is 37.5 Å². The highest BCUT2D eigenvalue weighted by molar-refractivity contribution is 7.90. The van der Waals surface area contributed by atoms with E-state index in [4.69, 9.17) is 19.4 Å². The number of fused-ring (bicyclic) bond motifs is 1. The molecule has 0 amide bonds. The van der Waals surface area contributed by atoms with Crippen molar-refractivity contribution in [3.05, 3.63) is 48.4 Å². The molecule has 4 aromatic rings. The van der Waals surface area contributed by atoms with Gasteiger partial charge in [-0.25, -0.2) is 23.1 Å². The minimum absolute atomic E-state index is 0.0582. The van der Waals surface area contributed by atoms with E-state index in [0.717, 1.165) is 58.5 Å². The standard InChI is InChI=1S/C28H32N6O4S/c1-18-17-37-15-13-33(18)24-16-22(20-7-8-25(31-19(20)2)39(3,35)36)21-9-11-29-28(27(21)32-24)23-10-12-30-34(23)26-6-4-5-14-38-26/h7-12,16,18,26H,4-6,13-15,17H2,1-3H3/t18-,26?/m1/s1. The summed E-state index contributed by atoms with van der Waals surface area (Å²) >= 11 is 0. The Morgan fingerprint density at radius 2 is 1.90 bits per heavy atom. The lowest BCUT2D eigenvalue weighted by atomic mass is 9.99. The molecule has 6 heterocycles. The van der Waals surface area contributed by atoms with Crippen LogP contribution in [0.5, 0.6) is 0 Å². The van der Waals surface area contributed by atoms with Crippen LogP contribution in [0.1, 0.15) is 38.1 Å². The fourth-order valence-corrected chi connectivity index (χ4v) is 6.06. The average Bonchev–Trinajstić information content (AvgIpc) is 3.42. The van der Waals surface area contributed by atoms with Gasteiger partial charge in [0.05, 0.1) is 24.9 Å². The molecule has 2 saturated heterocycles. The highest BCUT2D eigenvalue weighted by Gasteiger charge is 2.26. The molecular weight excluding hydrogens is 516 g/mol. The van der Waals surface area contributed by atoms with Gasteiger partial charge in [-0.15, -0.1) is 0 Å². The van der Waals surface area contributed by atoms with Crippen molar-refractivity contribution >= 4 is 26.6 Å². The largest absolute Gasteiger partial charge is 0.377 e. The second-order valence-electron chi connectivity index (χ2n) is 10.2. The molecule has 2 aliphatic rings. The van der Waals surface area contributed by atoms with Crippen molar-refractivity contribution in [1.82, 2.24) is 24.7 Å².